The topological polar surface area (TPSA) is 70.8 Å². The van der Waals surface area contributed by atoms with Crippen LogP contribution in [-0.2, 0) is 0 Å². The lowest BCUT2D eigenvalue weighted by Gasteiger charge is -2.13. The van der Waals surface area contributed by atoms with Gasteiger partial charge in [-0.05, 0) is 49.7 Å². The first kappa shape index (κ1) is 18.4. The van der Waals surface area contributed by atoms with Gasteiger partial charge in [0.2, 0.25) is 0 Å². The van der Waals surface area contributed by atoms with Crippen molar-refractivity contribution >= 4 is 6.21 Å². The predicted molar refractivity (Wildman–Crippen MR) is 103 cm³/mol. The maximum atomic E-state index is 5.82. The molecule has 0 aliphatic carbocycles. The molecule has 3 rings (SSSR count). The number of hydrogen-bond donors (Lipinski definition) is 0. The summed E-state index contributed by atoms with van der Waals surface area (Å²) >= 11 is 0. The fourth-order valence-electron chi connectivity index (χ4n) is 2.33. The van der Waals surface area contributed by atoms with Gasteiger partial charge in [-0.3, -0.25) is 0 Å². The first-order valence-corrected chi connectivity index (χ1v) is 8.72. The fraction of sp³-hybridized carbons (Fsp3) is 0.250. The standard InChI is InChI=1S/C20H22N4O3/c1-3-25-20-12-17(13-23-24-14-21-22-15-24)6-9-19(20)27-11-10-26-18-7-4-16(2)5-8-18/h4-9,12-15H,3,10-11H2,1-2H3. The van der Waals surface area contributed by atoms with E-state index in [0.717, 1.165) is 11.3 Å². The lowest BCUT2D eigenvalue weighted by Crippen LogP contribution is -2.10. The quantitative estimate of drug-likeness (QED) is 0.429. The van der Waals surface area contributed by atoms with Gasteiger partial charge < -0.3 is 14.2 Å². The summed E-state index contributed by atoms with van der Waals surface area (Å²) in [6.45, 7) is 5.39. The molecule has 140 valence electrons. The number of nitrogens with zero attached hydrogens (tertiary/aromatic N) is 4. The molecule has 0 saturated heterocycles. The fourth-order valence-corrected chi connectivity index (χ4v) is 2.33. The van der Waals surface area contributed by atoms with E-state index in [1.807, 2.05) is 56.3 Å². The zero-order valence-corrected chi connectivity index (χ0v) is 15.4. The van der Waals surface area contributed by atoms with Gasteiger partial charge in [-0.2, -0.15) is 5.10 Å². The minimum absolute atomic E-state index is 0.419. The van der Waals surface area contributed by atoms with E-state index in [4.69, 9.17) is 14.2 Å². The smallest absolute Gasteiger partial charge is 0.161 e. The average Bonchev–Trinajstić information content (AvgIpc) is 3.20. The Labute approximate surface area is 158 Å². The van der Waals surface area contributed by atoms with Crippen LogP contribution >= 0.6 is 0 Å². The van der Waals surface area contributed by atoms with Gasteiger partial charge in [-0.25, -0.2) is 4.68 Å². The second-order valence-electron chi connectivity index (χ2n) is 5.74. The van der Waals surface area contributed by atoms with Crippen LogP contribution in [0, 0.1) is 6.92 Å². The Kier molecular flexibility index (Phi) is 6.40. The van der Waals surface area contributed by atoms with Crippen LogP contribution in [0.3, 0.4) is 0 Å². The molecule has 0 amide bonds. The summed E-state index contributed by atoms with van der Waals surface area (Å²) in [5.74, 6) is 2.17. The van der Waals surface area contributed by atoms with Gasteiger partial charge in [0.1, 0.15) is 31.6 Å². The molecule has 0 fully saturated rings. The Morgan fingerprint density at radius 2 is 1.67 bits per heavy atom. The monoisotopic (exact) mass is 366 g/mol. The van der Waals surface area contributed by atoms with Gasteiger partial charge in [0.05, 0.1) is 12.8 Å². The number of aromatic nitrogens is 3. The van der Waals surface area contributed by atoms with Crippen molar-refractivity contribution in [1.29, 1.82) is 0 Å². The largest absolute Gasteiger partial charge is 0.490 e. The lowest BCUT2D eigenvalue weighted by atomic mass is 10.2. The van der Waals surface area contributed by atoms with Crippen LogP contribution in [0.5, 0.6) is 17.2 Å². The summed E-state index contributed by atoms with van der Waals surface area (Å²) in [5.41, 5.74) is 2.09. The molecule has 0 aliphatic heterocycles. The summed E-state index contributed by atoms with van der Waals surface area (Å²) in [5, 5.41) is 11.6. The first-order valence-electron chi connectivity index (χ1n) is 8.72. The number of aryl methyl sites for hydroxylation is 1. The van der Waals surface area contributed by atoms with Crippen molar-refractivity contribution in [2.75, 3.05) is 19.8 Å². The molecule has 0 aliphatic rings. The minimum atomic E-state index is 0.419. The third-order valence-corrected chi connectivity index (χ3v) is 3.64. The SMILES string of the molecule is CCOc1cc(C=Nn2cnnc2)ccc1OCCOc1ccc(C)cc1. The minimum Gasteiger partial charge on any atom is -0.490 e. The molecule has 1 heterocycles. The molecule has 0 bridgehead atoms. The van der Waals surface area contributed by atoms with Crippen LogP contribution < -0.4 is 14.2 Å². The highest BCUT2D eigenvalue weighted by Crippen LogP contribution is 2.28. The van der Waals surface area contributed by atoms with Crippen molar-refractivity contribution in [3.63, 3.8) is 0 Å². The van der Waals surface area contributed by atoms with E-state index in [1.165, 1.54) is 22.9 Å². The van der Waals surface area contributed by atoms with Crippen molar-refractivity contribution in [2.45, 2.75) is 13.8 Å². The first-order chi connectivity index (χ1) is 13.2. The Morgan fingerprint density at radius 3 is 2.41 bits per heavy atom. The molecule has 0 saturated carbocycles. The van der Waals surface area contributed by atoms with Crippen molar-refractivity contribution < 1.29 is 14.2 Å². The maximum Gasteiger partial charge on any atom is 0.161 e. The van der Waals surface area contributed by atoms with E-state index in [-0.39, 0.29) is 0 Å². The van der Waals surface area contributed by atoms with Crippen LogP contribution in [0.4, 0.5) is 0 Å². The maximum absolute atomic E-state index is 5.82. The van der Waals surface area contributed by atoms with Crippen LogP contribution in [0.15, 0.2) is 60.2 Å². The predicted octanol–water partition coefficient (Wildman–Crippen LogP) is 3.33. The van der Waals surface area contributed by atoms with Crippen molar-refractivity contribution in [3.8, 4) is 17.2 Å². The number of benzene rings is 2. The number of ether oxygens (including phenoxy) is 3. The molecule has 3 aromatic rings. The lowest BCUT2D eigenvalue weighted by molar-refractivity contribution is 0.208. The number of hydrogen-bond acceptors (Lipinski definition) is 6. The Bertz CT molecular complexity index is 861. The Hall–Kier alpha value is -3.35. The molecular weight excluding hydrogens is 344 g/mol. The summed E-state index contributed by atoms with van der Waals surface area (Å²) in [6.07, 6.45) is 4.74. The zero-order chi connectivity index (χ0) is 18.9. The van der Waals surface area contributed by atoms with Gasteiger partial charge >= 0.3 is 0 Å². The zero-order valence-electron chi connectivity index (χ0n) is 15.4. The average molecular weight is 366 g/mol. The van der Waals surface area contributed by atoms with E-state index < -0.39 is 0 Å². The van der Waals surface area contributed by atoms with E-state index >= 15 is 0 Å². The highest BCUT2D eigenvalue weighted by Gasteiger charge is 2.06. The van der Waals surface area contributed by atoms with Crippen LogP contribution in [0.25, 0.3) is 0 Å². The molecule has 0 spiro atoms. The molecule has 2 aromatic carbocycles. The van der Waals surface area contributed by atoms with E-state index in [0.29, 0.717) is 31.3 Å². The molecule has 0 atom stereocenters. The van der Waals surface area contributed by atoms with Gasteiger partial charge in [0.15, 0.2) is 11.5 Å². The molecule has 1 aromatic heterocycles. The highest BCUT2D eigenvalue weighted by molar-refractivity contribution is 5.80. The van der Waals surface area contributed by atoms with Crippen LogP contribution in [0.1, 0.15) is 18.1 Å². The van der Waals surface area contributed by atoms with Gasteiger partial charge in [-0.1, -0.05) is 17.7 Å². The molecule has 7 heteroatoms. The Morgan fingerprint density at radius 1 is 0.926 bits per heavy atom. The summed E-state index contributed by atoms with van der Waals surface area (Å²) < 4.78 is 18.7. The molecular formula is C20H22N4O3. The van der Waals surface area contributed by atoms with Gasteiger partial charge in [0.25, 0.3) is 0 Å². The summed E-state index contributed by atoms with van der Waals surface area (Å²) in [7, 11) is 0. The van der Waals surface area contributed by atoms with Crippen molar-refractivity contribution in [2.24, 2.45) is 5.10 Å². The molecule has 7 nitrogen and oxygen atoms in total. The molecule has 0 radical (unpaired) electrons. The summed E-state index contributed by atoms with van der Waals surface area (Å²) in [6, 6.07) is 13.6. The normalized spacial score (nSPS) is 10.9. The van der Waals surface area contributed by atoms with Gasteiger partial charge in [0, 0.05) is 0 Å². The summed E-state index contributed by atoms with van der Waals surface area (Å²) in [4.78, 5) is 0. The van der Waals surface area contributed by atoms with Gasteiger partial charge in [-0.15, -0.1) is 10.2 Å². The van der Waals surface area contributed by atoms with Crippen molar-refractivity contribution in [1.82, 2.24) is 14.9 Å². The van der Waals surface area contributed by atoms with Crippen molar-refractivity contribution in [3.05, 3.63) is 66.2 Å². The second-order valence-corrected chi connectivity index (χ2v) is 5.74. The number of rotatable bonds is 9. The molecule has 0 N–H and O–H groups in total. The van der Waals surface area contributed by atoms with E-state index in [2.05, 4.69) is 15.3 Å². The van der Waals surface area contributed by atoms with Crippen LogP contribution in [0.2, 0.25) is 0 Å². The molecule has 27 heavy (non-hydrogen) atoms. The van der Waals surface area contributed by atoms with E-state index in [9.17, 15) is 0 Å². The third kappa shape index (κ3) is 5.57. The van der Waals surface area contributed by atoms with Crippen LogP contribution in [-0.4, -0.2) is 40.9 Å². The third-order valence-electron chi connectivity index (χ3n) is 3.64. The Balaban J connectivity index is 1.57. The molecule has 0 unspecified atom stereocenters. The second kappa shape index (κ2) is 9.38. The van der Waals surface area contributed by atoms with E-state index in [1.54, 1.807) is 6.21 Å². The highest BCUT2D eigenvalue weighted by atomic mass is 16.5.